The van der Waals surface area contributed by atoms with Gasteiger partial charge in [-0.15, -0.1) is 11.3 Å². The molecule has 0 radical (unpaired) electrons. The first-order valence-corrected chi connectivity index (χ1v) is 9.08. The maximum absolute atomic E-state index is 13.8. The van der Waals surface area contributed by atoms with Crippen LogP contribution >= 0.6 is 22.9 Å². The minimum atomic E-state index is -0.392. The van der Waals surface area contributed by atoms with Gasteiger partial charge in [0.25, 0.3) is 5.56 Å². The molecule has 0 aliphatic heterocycles. The highest BCUT2D eigenvalue weighted by Gasteiger charge is 2.14. The van der Waals surface area contributed by atoms with Gasteiger partial charge in [-0.3, -0.25) is 4.79 Å². The Hall–Kier alpha value is -2.76. The van der Waals surface area contributed by atoms with Crippen molar-refractivity contribution in [3.05, 3.63) is 87.5 Å². The molecule has 1 N–H and O–H groups in total. The zero-order valence-electron chi connectivity index (χ0n) is 13.4. The number of aromatic nitrogens is 2. The summed E-state index contributed by atoms with van der Waals surface area (Å²) in [5, 5.41) is 2.60. The van der Waals surface area contributed by atoms with Gasteiger partial charge in [0.1, 0.15) is 10.6 Å². The second kappa shape index (κ2) is 6.86. The third-order valence-electron chi connectivity index (χ3n) is 3.94. The Bertz CT molecular complexity index is 1180. The maximum atomic E-state index is 13.8. The number of nitrogens with zero attached hydrogens (tertiary/aromatic N) is 1. The van der Waals surface area contributed by atoms with Gasteiger partial charge in [0.15, 0.2) is 5.82 Å². The molecule has 4 rings (SSSR count). The summed E-state index contributed by atoms with van der Waals surface area (Å²) in [4.78, 5) is 20.4. The molecule has 0 unspecified atom stereocenters. The third-order valence-corrected chi connectivity index (χ3v) is 5.10. The Morgan fingerprint density at radius 3 is 2.62 bits per heavy atom. The third kappa shape index (κ3) is 3.07. The molecule has 3 nitrogen and oxygen atoms in total. The molecule has 2 aromatic heterocycles. The first-order valence-electron chi connectivity index (χ1n) is 7.82. The number of nitrogens with one attached hydrogen (secondary N) is 1. The molecule has 128 valence electrons. The first-order chi connectivity index (χ1) is 12.6. The number of fused-ring (bicyclic) bond motifs is 1. The summed E-state index contributed by atoms with van der Waals surface area (Å²) >= 11 is 7.65. The van der Waals surface area contributed by atoms with Crippen LogP contribution in [0.4, 0.5) is 4.39 Å². The fourth-order valence-electron chi connectivity index (χ4n) is 2.69. The normalized spacial score (nSPS) is 11.8. The van der Waals surface area contributed by atoms with Gasteiger partial charge in [-0.1, -0.05) is 60.1 Å². The van der Waals surface area contributed by atoms with Gasteiger partial charge in [-0.05, 0) is 17.7 Å². The number of halogens is 2. The molecule has 0 fully saturated rings. The lowest BCUT2D eigenvalue weighted by Gasteiger charge is -2.02. The van der Waals surface area contributed by atoms with Crippen molar-refractivity contribution in [2.45, 2.75) is 0 Å². The standard InChI is InChI=1S/C20H12ClFN2OS/c21-15(10-13-8-4-5-9-16(13)22)18-23-19(25)17-14(11-26-20(17)24-18)12-6-2-1-3-7-12/h1-11H,(H,23,24,25)/b15-10-. The Labute approximate surface area is 157 Å². The molecule has 0 bridgehead atoms. The first kappa shape index (κ1) is 16.7. The molecule has 0 saturated heterocycles. The minimum Gasteiger partial charge on any atom is -0.305 e. The molecule has 0 atom stereocenters. The van der Waals surface area contributed by atoms with Gasteiger partial charge in [0.05, 0.1) is 10.4 Å². The number of thiophene rings is 1. The van der Waals surface area contributed by atoms with Gasteiger partial charge in [0, 0.05) is 16.5 Å². The van der Waals surface area contributed by atoms with Crippen LogP contribution in [-0.2, 0) is 0 Å². The van der Waals surface area contributed by atoms with E-state index >= 15 is 0 Å². The summed E-state index contributed by atoms with van der Waals surface area (Å²) in [6, 6.07) is 15.9. The van der Waals surface area contributed by atoms with E-state index in [1.165, 1.54) is 23.5 Å². The van der Waals surface area contributed by atoms with E-state index in [2.05, 4.69) is 9.97 Å². The summed E-state index contributed by atoms with van der Waals surface area (Å²) in [6.45, 7) is 0. The predicted octanol–water partition coefficient (Wildman–Crippen LogP) is 5.53. The second-order valence-electron chi connectivity index (χ2n) is 5.62. The van der Waals surface area contributed by atoms with Crippen molar-refractivity contribution >= 4 is 44.3 Å². The van der Waals surface area contributed by atoms with Crippen molar-refractivity contribution in [3.63, 3.8) is 0 Å². The van der Waals surface area contributed by atoms with Crippen LogP contribution in [0.2, 0.25) is 0 Å². The van der Waals surface area contributed by atoms with E-state index in [4.69, 9.17) is 11.6 Å². The molecule has 2 heterocycles. The minimum absolute atomic E-state index is 0.170. The molecule has 4 aromatic rings. The van der Waals surface area contributed by atoms with Gasteiger partial charge < -0.3 is 4.98 Å². The fraction of sp³-hybridized carbons (Fsp3) is 0. The molecule has 6 heteroatoms. The number of H-pyrrole nitrogens is 1. The lowest BCUT2D eigenvalue weighted by Crippen LogP contribution is -2.10. The summed E-state index contributed by atoms with van der Waals surface area (Å²) in [5.74, 6) is -0.176. The van der Waals surface area contributed by atoms with Crippen molar-refractivity contribution in [3.8, 4) is 11.1 Å². The van der Waals surface area contributed by atoms with Crippen LogP contribution in [0, 0.1) is 5.82 Å². The van der Waals surface area contributed by atoms with Crippen LogP contribution in [-0.4, -0.2) is 9.97 Å². The van der Waals surface area contributed by atoms with Crippen LogP contribution in [0.1, 0.15) is 11.4 Å². The Morgan fingerprint density at radius 1 is 1.12 bits per heavy atom. The number of hydrogen-bond acceptors (Lipinski definition) is 3. The highest BCUT2D eigenvalue weighted by atomic mass is 35.5. The summed E-state index contributed by atoms with van der Waals surface area (Å²) in [6.07, 6.45) is 1.45. The van der Waals surface area contributed by atoms with E-state index < -0.39 is 5.82 Å². The highest BCUT2D eigenvalue weighted by molar-refractivity contribution is 7.17. The second-order valence-corrected chi connectivity index (χ2v) is 6.89. The van der Waals surface area contributed by atoms with E-state index in [9.17, 15) is 9.18 Å². The van der Waals surface area contributed by atoms with Crippen molar-refractivity contribution in [2.24, 2.45) is 0 Å². The molecular weight excluding hydrogens is 371 g/mol. The van der Waals surface area contributed by atoms with Crippen molar-refractivity contribution in [1.82, 2.24) is 9.97 Å². The van der Waals surface area contributed by atoms with Gasteiger partial charge in [0.2, 0.25) is 0 Å². The average Bonchev–Trinajstić information content (AvgIpc) is 3.09. The van der Waals surface area contributed by atoms with Crippen LogP contribution in [0.3, 0.4) is 0 Å². The lowest BCUT2D eigenvalue weighted by atomic mass is 10.1. The van der Waals surface area contributed by atoms with E-state index in [1.54, 1.807) is 18.2 Å². The fourth-order valence-corrected chi connectivity index (χ4v) is 3.84. The monoisotopic (exact) mass is 382 g/mol. The Morgan fingerprint density at radius 2 is 1.85 bits per heavy atom. The molecular formula is C20H12ClFN2OS. The topological polar surface area (TPSA) is 45.8 Å². The Kier molecular flexibility index (Phi) is 4.41. The number of aromatic amines is 1. The SMILES string of the molecule is O=c1[nH]c(/C(Cl)=C/c2ccccc2F)nc2scc(-c3ccccc3)c12. The van der Waals surface area contributed by atoms with Crippen molar-refractivity contribution < 1.29 is 4.39 Å². The van der Waals surface area contributed by atoms with Crippen LogP contribution in [0.15, 0.2) is 64.8 Å². The van der Waals surface area contributed by atoms with Crippen molar-refractivity contribution in [2.75, 3.05) is 0 Å². The quantitative estimate of drug-likeness (QED) is 0.506. The zero-order chi connectivity index (χ0) is 18.1. The average molecular weight is 383 g/mol. The highest BCUT2D eigenvalue weighted by Crippen LogP contribution is 2.31. The lowest BCUT2D eigenvalue weighted by molar-refractivity contribution is 0.625. The van der Waals surface area contributed by atoms with Crippen LogP contribution < -0.4 is 5.56 Å². The van der Waals surface area contributed by atoms with E-state index in [0.717, 1.165) is 11.1 Å². The van der Waals surface area contributed by atoms with E-state index in [-0.39, 0.29) is 16.4 Å². The number of hydrogen-bond donors (Lipinski definition) is 1. The van der Waals surface area contributed by atoms with Gasteiger partial charge in [-0.25, -0.2) is 9.37 Å². The molecule has 0 amide bonds. The number of benzene rings is 2. The molecule has 0 spiro atoms. The summed E-state index contributed by atoms with van der Waals surface area (Å²) < 4.78 is 13.8. The smallest absolute Gasteiger partial charge is 0.260 e. The Balaban J connectivity index is 1.82. The molecule has 2 aromatic carbocycles. The largest absolute Gasteiger partial charge is 0.305 e. The molecule has 26 heavy (non-hydrogen) atoms. The molecule has 0 saturated carbocycles. The zero-order valence-corrected chi connectivity index (χ0v) is 14.9. The maximum Gasteiger partial charge on any atom is 0.260 e. The van der Waals surface area contributed by atoms with Crippen LogP contribution in [0.5, 0.6) is 0 Å². The van der Waals surface area contributed by atoms with E-state index in [0.29, 0.717) is 15.8 Å². The van der Waals surface area contributed by atoms with Crippen molar-refractivity contribution in [1.29, 1.82) is 0 Å². The van der Waals surface area contributed by atoms with Gasteiger partial charge in [-0.2, -0.15) is 0 Å². The van der Waals surface area contributed by atoms with E-state index in [1.807, 2.05) is 35.7 Å². The predicted molar refractivity (Wildman–Crippen MR) is 106 cm³/mol. The summed E-state index contributed by atoms with van der Waals surface area (Å²) in [5.41, 5.74) is 1.84. The van der Waals surface area contributed by atoms with Crippen LogP contribution in [0.25, 0.3) is 32.5 Å². The summed E-state index contributed by atoms with van der Waals surface area (Å²) in [7, 11) is 0. The number of rotatable bonds is 3. The van der Waals surface area contributed by atoms with Gasteiger partial charge >= 0.3 is 0 Å². The molecule has 0 aliphatic rings. The molecule has 0 aliphatic carbocycles.